The summed E-state index contributed by atoms with van der Waals surface area (Å²) in [6, 6.07) is 13.4. The van der Waals surface area contributed by atoms with Gasteiger partial charge in [-0.15, -0.1) is 0 Å². The molecule has 3 aromatic rings. The number of phenols is 1. The summed E-state index contributed by atoms with van der Waals surface area (Å²) < 4.78 is 5.67. The number of nitrogens with one attached hydrogen (secondary N) is 2. The van der Waals surface area contributed by atoms with Gasteiger partial charge in [0.15, 0.2) is 5.75 Å². The Morgan fingerprint density at radius 1 is 0.909 bits per heavy atom. The van der Waals surface area contributed by atoms with Crippen molar-refractivity contribution in [1.82, 2.24) is 5.32 Å². The van der Waals surface area contributed by atoms with E-state index in [0.29, 0.717) is 5.02 Å². The lowest BCUT2D eigenvalue weighted by Crippen LogP contribution is -2.22. The highest BCUT2D eigenvalue weighted by Crippen LogP contribution is 2.39. The fraction of sp³-hybridized carbons (Fsp3) is 0.0455. The molecule has 0 aliphatic rings. The van der Waals surface area contributed by atoms with E-state index in [2.05, 4.69) is 10.6 Å². The SMILES string of the molecule is O=C(O)C(=O)Nc1cc(Cl)c(Oc2ccc(O)c(C(=O)NCc3ccc(Cl)cc3)c2)c(Cl)c1. The number of halogens is 3. The number of benzene rings is 3. The van der Waals surface area contributed by atoms with Gasteiger partial charge >= 0.3 is 11.9 Å². The fourth-order valence-electron chi connectivity index (χ4n) is 2.67. The summed E-state index contributed by atoms with van der Waals surface area (Å²) in [6.45, 7) is 0.210. The summed E-state index contributed by atoms with van der Waals surface area (Å²) in [4.78, 5) is 34.5. The predicted molar refractivity (Wildman–Crippen MR) is 124 cm³/mol. The lowest BCUT2D eigenvalue weighted by molar-refractivity contribution is -0.147. The third kappa shape index (κ3) is 6.29. The van der Waals surface area contributed by atoms with Crippen LogP contribution in [0.3, 0.4) is 0 Å². The fourth-order valence-corrected chi connectivity index (χ4v) is 3.36. The van der Waals surface area contributed by atoms with Crippen molar-refractivity contribution in [2.75, 3.05) is 5.32 Å². The third-order valence-corrected chi connectivity index (χ3v) is 5.06. The van der Waals surface area contributed by atoms with Crippen LogP contribution in [-0.4, -0.2) is 28.0 Å². The van der Waals surface area contributed by atoms with Crippen LogP contribution in [0, 0.1) is 0 Å². The summed E-state index contributed by atoms with van der Waals surface area (Å²) >= 11 is 18.2. The van der Waals surface area contributed by atoms with E-state index < -0.39 is 17.8 Å². The van der Waals surface area contributed by atoms with Gasteiger partial charge in [0.2, 0.25) is 0 Å². The Morgan fingerprint density at radius 2 is 1.55 bits per heavy atom. The van der Waals surface area contributed by atoms with Crippen LogP contribution in [0.4, 0.5) is 5.69 Å². The van der Waals surface area contributed by atoms with Crippen molar-refractivity contribution in [1.29, 1.82) is 0 Å². The van der Waals surface area contributed by atoms with E-state index in [9.17, 15) is 19.5 Å². The number of carboxylic acid groups (broad SMARTS) is 1. The first-order chi connectivity index (χ1) is 15.6. The molecule has 3 rings (SSSR count). The van der Waals surface area contributed by atoms with Crippen molar-refractivity contribution < 1.29 is 29.3 Å². The Kier molecular flexibility index (Phi) is 7.65. The van der Waals surface area contributed by atoms with E-state index in [0.717, 1.165) is 5.56 Å². The number of phenolic OH excluding ortho intramolecular Hbond substituents is 1. The molecule has 0 aromatic heterocycles. The topological polar surface area (TPSA) is 125 Å². The molecule has 0 aliphatic carbocycles. The van der Waals surface area contributed by atoms with E-state index in [4.69, 9.17) is 44.6 Å². The van der Waals surface area contributed by atoms with Gasteiger partial charge in [-0.25, -0.2) is 4.79 Å². The minimum Gasteiger partial charge on any atom is -0.507 e. The zero-order chi connectivity index (χ0) is 24.1. The molecule has 4 N–H and O–H groups in total. The second kappa shape index (κ2) is 10.4. The molecular formula is C22H15Cl3N2O6. The molecule has 0 heterocycles. The Bertz CT molecular complexity index is 1210. The average molecular weight is 510 g/mol. The number of rotatable bonds is 6. The summed E-state index contributed by atoms with van der Waals surface area (Å²) in [5, 5.41) is 24.1. The van der Waals surface area contributed by atoms with Crippen LogP contribution in [0.15, 0.2) is 54.6 Å². The van der Waals surface area contributed by atoms with Crippen molar-refractivity contribution in [3.8, 4) is 17.2 Å². The molecule has 2 amide bonds. The molecule has 0 atom stereocenters. The third-order valence-electron chi connectivity index (χ3n) is 4.25. The largest absolute Gasteiger partial charge is 0.507 e. The minimum atomic E-state index is -1.67. The van der Waals surface area contributed by atoms with Crippen LogP contribution < -0.4 is 15.4 Å². The number of carbonyl (C=O) groups is 3. The maximum Gasteiger partial charge on any atom is 0.394 e. The van der Waals surface area contributed by atoms with Crippen LogP contribution in [0.25, 0.3) is 0 Å². The average Bonchev–Trinajstić information content (AvgIpc) is 2.76. The number of anilines is 1. The quantitative estimate of drug-likeness (QED) is 0.343. The zero-order valence-electron chi connectivity index (χ0n) is 16.6. The van der Waals surface area contributed by atoms with Crippen molar-refractivity contribution in [3.05, 3.63) is 80.8 Å². The normalized spacial score (nSPS) is 10.4. The van der Waals surface area contributed by atoms with Gasteiger partial charge < -0.3 is 25.6 Å². The van der Waals surface area contributed by atoms with Crippen LogP contribution in [0.5, 0.6) is 17.2 Å². The highest BCUT2D eigenvalue weighted by atomic mass is 35.5. The maximum atomic E-state index is 12.6. The monoisotopic (exact) mass is 508 g/mol. The Balaban J connectivity index is 1.76. The zero-order valence-corrected chi connectivity index (χ0v) is 18.8. The molecular weight excluding hydrogens is 495 g/mol. The molecule has 0 radical (unpaired) electrons. The van der Waals surface area contributed by atoms with Crippen molar-refractivity contribution in [3.63, 3.8) is 0 Å². The minimum absolute atomic E-state index is 0.00451. The number of hydrogen-bond acceptors (Lipinski definition) is 5. The van der Waals surface area contributed by atoms with Gasteiger partial charge in [-0.2, -0.15) is 0 Å². The molecule has 0 saturated carbocycles. The number of aromatic hydroxyl groups is 1. The smallest absolute Gasteiger partial charge is 0.394 e. The van der Waals surface area contributed by atoms with Gasteiger partial charge in [-0.1, -0.05) is 46.9 Å². The second-order valence-corrected chi connectivity index (χ2v) is 7.87. The maximum absolute atomic E-state index is 12.6. The number of amides is 2. The highest BCUT2D eigenvalue weighted by molar-refractivity contribution is 6.39. The number of ether oxygens (including phenoxy) is 1. The first-order valence-electron chi connectivity index (χ1n) is 9.21. The molecule has 0 saturated heterocycles. The van der Waals surface area contributed by atoms with Gasteiger partial charge in [0.25, 0.3) is 5.91 Å². The van der Waals surface area contributed by atoms with Crippen molar-refractivity contribution >= 4 is 58.3 Å². The van der Waals surface area contributed by atoms with Crippen LogP contribution in [0.2, 0.25) is 15.1 Å². The highest BCUT2D eigenvalue weighted by Gasteiger charge is 2.17. The Hall–Kier alpha value is -3.46. The van der Waals surface area contributed by atoms with E-state index in [-0.39, 0.29) is 45.1 Å². The Labute approximate surface area is 202 Å². The van der Waals surface area contributed by atoms with E-state index in [1.807, 2.05) is 0 Å². The molecule has 11 heteroatoms. The van der Waals surface area contributed by atoms with Crippen molar-refractivity contribution in [2.24, 2.45) is 0 Å². The molecule has 0 aliphatic heterocycles. The van der Waals surface area contributed by atoms with Gasteiger partial charge in [0, 0.05) is 17.3 Å². The van der Waals surface area contributed by atoms with Crippen molar-refractivity contribution in [2.45, 2.75) is 6.54 Å². The van der Waals surface area contributed by atoms with Gasteiger partial charge in [-0.3, -0.25) is 9.59 Å². The first-order valence-corrected chi connectivity index (χ1v) is 10.3. The summed E-state index contributed by atoms with van der Waals surface area (Å²) in [5.41, 5.74) is 0.824. The van der Waals surface area contributed by atoms with Crippen LogP contribution in [-0.2, 0) is 16.1 Å². The molecule has 170 valence electrons. The van der Waals surface area contributed by atoms with Gasteiger partial charge in [-0.05, 0) is 48.0 Å². The lowest BCUT2D eigenvalue weighted by Gasteiger charge is -2.13. The molecule has 8 nitrogen and oxygen atoms in total. The van der Waals surface area contributed by atoms with E-state index in [1.54, 1.807) is 24.3 Å². The molecule has 0 unspecified atom stereocenters. The number of carbonyl (C=O) groups excluding carboxylic acids is 2. The van der Waals surface area contributed by atoms with Gasteiger partial charge in [0.05, 0.1) is 15.6 Å². The second-order valence-electron chi connectivity index (χ2n) is 6.62. The summed E-state index contributed by atoms with van der Waals surface area (Å²) in [6.07, 6.45) is 0. The number of carboxylic acids is 1. The number of aliphatic carboxylic acids is 1. The summed E-state index contributed by atoms with van der Waals surface area (Å²) in [7, 11) is 0. The predicted octanol–water partition coefficient (Wildman–Crippen LogP) is 5.10. The first kappa shape index (κ1) is 24.2. The van der Waals surface area contributed by atoms with E-state index in [1.165, 1.54) is 30.3 Å². The molecule has 3 aromatic carbocycles. The lowest BCUT2D eigenvalue weighted by atomic mass is 10.1. The summed E-state index contributed by atoms with van der Waals surface area (Å²) in [5.74, 6) is -3.59. The van der Waals surface area contributed by atoms with Crippen LogP contribution >= 0.6 is 34.8 Å². The molecule has 0 bridgehead atoms. The van der Waals surface area contributed by atoms with Gasteiger partial charge in [0.1, 0.15) is 11.5 Å². The molecule has 33 heavy (non-hydrogen) atoms. The van der Waals surface area contributed by atoms with E-state index >= 15 is 0 Å². The Morgan fingerprint density at radius 3 is 2.15 bits per heavy atom. The standard InChI is InChI=1S/C22H15Cl3N2O6/c23-12-3-1-11(2-4-12)10-26-20(29)15-9-14(5-6-18(15)28)33-19-16(24)7-13(8-17(19)25)27-21(30)22(31)32/h1-9,28H,10H2,(H,26,29)(H,27,30)(H,31,32). The molecule has 0 spiro atoms. The number of hydrogen-bond donors (Lipinski definition) is 4. The van der Waals surface area contributed by atoms with Crippen LogP contribution in [0.1, 0.15) is 15.9 Å². The molecule has 0 fully saturated rings.